The number of hydrogen-bond donors (Lipinski definition) is 2. The molecule has 1 saturated heterocycles. The number of piperidine rings is 1. The first-order valence-electron chi connectivity index (χ1n) is 9.34. The highest BCUT2D eigenvalue weighted by Gasteiger charge is 2.11. The second-order valence-corrected chi connectivity index (χ2v) is 6.74. The molecule has 3 aromatic rings. The van der Waals surface area contributed by atoms with Gasteiger partial charge in [-0.1, -0.05) is 0 Å². The molecule has 0 bridgehead atoms. The van der Waals surface area contributed by atoms with Gasteiger partial charge in [0.05, 0.1) is 0 Å². The molecule has 144 valence electrons. The lowest BCUT2D eigenvalue weighted by atomic mass is 10.1. The van der Waals surface area contributed by atoms with Crippen molar-refractivity contribution in [2.75, 3.05) is 28.6 Å². The lowest BCUT2D eigenvalue weighted by Crippen LogP contribution is -2.29. The van der Waals surface area contributed by atoms with Gasteiger partial charge in [0.15, 0.2) is 11.6 Å². The summed E-state index contributed by atoms with van der Waals surface area (Å²) in [5.74, 6) is -0.901. The summed E-state index contributed by atoms with van der Waals surface area (Å²) in [4.78, 5) is 11.0. The summed E-state index contributed by atoms with van der Waals surface area (Å²) in [7, 11) is 0. The van der Waals surface area contributed by atoms with Crippen molar-refractivity contribution in [1.82, 2.24) is 9.97 Å². The van der Waals surface area contributed by atoms with E-state index < -0.39 is 11.6 Å². The number of rotatable bonds is 5. The molecule has 5 nitrogen and oxygen atoms in total. The van der Waals surface area contributed by atoms with Gasteiger partial charge in [0.25, 0.3) is 0 Å². The normalized spacial score (nSPS) is 14.0. The van der Waals surface area contributed by atoms with Crippen LogP contribution in [-0.4, -0.2) is 23.1 Å². The molecule has 2 heterocycles. The van der Waals surface area contributed by atoms with Crippen LogP contribution in [-0.2, 0) is 0 Å². The smallest absolute Gasteiger partial charge is 0.229 e. The monoisotopic (exact) mass is 381 g/mol. The highest BCUT2D eigenvalue weighted by Crippen LogP contribution is 2.23. The lowest BCUT2D eigenvalue weighted by Gasteiger charge is -2.28. The van der Waals surface area contributed by atoms with Crippen molar-refractivity contribution >= 4 is 28.8 Å². The van der Waals surface area contributed by atoms with E-state index in [1.807, 2.05) is 12.1 Å². The maximum atomic E-state index is 13.4. The highest BCUT2D eigenvalue weighted by atomic mass is 19.2. The Hall–Kier alpha value is -3.22. The molecular formula is C21H21F2N5. The minimum absolute atomic E-state index is 0.412. The summed E-state index contributed by atoms with van der Waals surface area (Å²) in [6, 6.07) is 13.5. The van der Waals surface area contributed by atoms with Crippen molar-refractivity contribution in [2.24, 2.45) is 0 Å². The number of hydrogen-bond acceptors (Lipinski definition) is 5. The van der Waals surface area contributed by atoms with Gasteiger partial charge in [-0.15, -0.1) is 0 Å². The van der Waals surface area contributed by atoms with Crippen LogP contribution < -0.4 is 15.5 Å². The van der Waals surface area contributed by atoms with Gasteiger partial charge in [0.1, 0.15) is 5.82 Å². The van der Waals surface area contributed by atoms with Gasteiger partial charge in [0, 0.05) is 42.4 Å². The molecule has 1 aliphatic rings. The molecule has 0 aliphatic carbocycles. The van der Waals surface area contributed by atoms with E-state index in [9.17, 15) is 8.78 Å². The van der Waals surface area contributed by atoms with Crippen LogP contribution in [0.2, 0.25) is 0 Å². The van der Waals surface area contributed by atoms with Gasteiger partial charge in [-0.2, -0.15) is 4.98 Å². The Bertz CT molecular complexity index is 940. The molecule has 2 aromatic carbocycles. The van der Waals surface area contributed by atoms with Crippen LogP contribution in [0.5, 0.6) is 0 Å². The van der Waals surface area contributed by atoms with E-state index in [1.54, 1.807) is 12.3 Å². The summed E-state index contributed by atoms with van der Waals surface area (Å²) in [6.07, 6.45) is 5.39. The predicted molar refractivity (Wildman–Crippen MR) is 107 cm³/mol. The van der Waals surface area contributed by atoms with Crippen LogP contribution in [0, 0.1) is 11.6 Å². The van der Waals surface area contributed by atoms with E-state index in [0.29, 0.717) is 17.5 Å². The standard InChI is InChI=1S/C21H21F2N5/c22-18-9-6-16(14-19(18)23)25-20-10-11-24-21(27-20)26-15-4-7-17(8-5-15)28-12-2-1-3-13-28/h4-11,14H,1-3,12-13H2,(H2,24,25,26,27). The quantitative estimate of drug-likeness (QED) is 0.634. The van der Waals surface area contributed by atoms with Crippen LogP contribution in [0.1, 0.15) is 19.3 Å². The minimum Gasteiger partial charge on any atom is -0.372 e. The van der Waals surface area contributed by atoms with Crippen molar-refractivity contribution in [1.29, 1.82) is 0 Å². The third-order valence-electron chi connectivity index (χ3n) is 4.69. The molecule has 0 radical (unpaired) electrons. The number of nitrogens with zero attached hydrogens (tertiary/aromatic N) is 3. The fourth-order valence-electron chi connectivity index (χ4n) is 3.25. The first-order valence-corrected chi connectivity index (χ1v) is 9.34. The van der Waals surface area contributed by atoms with Gasteiger partial charge in [-0.3, -0.25) is 0 Å². The van der Waals surface area contributed by atoms with Crippen LogP contribution in [0.4, 0.5) is 37.6 Å². The van der Waals surface area contributed by atoms with Gasteiger partial charge < -0.3 is 15.5 Å². The Morgan fingerprint density at radius 3 is 2.29 bits per heavy atom. The fourth-order valence-corrected chi connectivity index (χ4v) is 3.25. The summed E-state index contributed by atoms with van der Waals surface area (Å²) >= 11 is 0. The molecule has 0 unspecified atom stereocenters. The Morgan fingerprint density at radius 1 is 0.786 bits per heavy atom. The summed E-state index contributed by atoms with van der Waals surface area (Å²) in [6.45, 7) is 2.21. The van der Waals surface area contributed by atoms with Crippen LogP contribution in [0.15, 0.2) is 54.7 Å². The maximum absolute atomic E-state index is 13.4. The largest absolute Gasteiger partial charge is 0.372 e. The van der Waals surface area contributed by atoms with E-state index in [1.165, 1.54) is 31.0 Å². The number of aromatic nitrogens is 2. The Labute approximate surface area is 162 Å². The average molecular weight is 381 g/mol. The second kappa shape index (κ2) is 8.21. The van der Waals surface area contributed by atoms with E-state index >= 15 is 0 Å². The van der Waals surface area contributed by atoms with E-state index in [2.05, 4.69) is 37.6 Å². The molecule has 7 heteroatoms. The van der Waals surface area contributed by atoms with Crippen molar-refractivity contribution < 1.29 is 8.78 Å². The maximum Gasteiger partial charge on any atom is 0.229 e. The molecule has 4 rings (SSSR count). The zero-order valence-electron chi connectivity index (χ0n) is 15.3. The van der Waals surface area contributed by atoms with E-state index in [4.69, 9.17) is 0 Å². The van der Waals surface area contributed by atoms with Gasteiger partial charge in [-0.05, 0) is 61.7 Å². The molecular weight excluding hydrogens is 360 g/mol. The van der Waals surface area contributed by atoms with Gasteiger partial charge in [-0.25, -0.2) is 13.8 Å². The predicted octanol–water partition coefficient (Wildman–Crippen LogP) is 5.23. The zero-order chi connectivity index (χ0) is 19.3. The molecule has 1 fully saturated rings. The van der Waals surface area contributed by atoms with Gasteiger partial charge >= 0.3 is 0 Å². The van der Waals surface area contributed by atoms with E-state index in [-0.39, 0.29) is 0 Å². The number of anilines is 5. The van der Waals surface area contributed by atoms with Crippen LogP contribution in [0.3, 0.4) is 0 Å². The number of benzene rings is 2. The lowest BCUT2D eigenvalue weighted by molar-refractivity contribution is 0.509. The summed E-state index contributed by atoms with van der Waals surface area (Å²) in [5.41, 5.74) is 2.51. The zero-order valence-corrected chi connectivity index (χ0v) is 15.3. The molecule has 2 N–H and O–H groups in total. The summed E-state index contributed by atoms with van der Waals surface area (Å²) < 4.78 is 26.4. The number of nitrogens with one attached hydrogen (secondary N) is 2. The molecule has 0 spiro atoms. The third kappa shape index (κ3) is 4.36. The topological polar surface area (TPSA) is 53.1 Å². The molecule has 1 aliphatic heterocycles. The Balaban J connectivity index is 1.43. The highest BCUT2D eigenvalue weighted by molar-refractivity contribution is 5.61. The van der Waals surface area contributed by atoms with Crippen molar-refractivity contribution in [3.8, 4) is 0 Å². The van der Waals surface area contributed by atoms with Crippen molar-refractivity contribution in [3.63, 3.8) is 0 Å². The van der Waals surface area contributed by atoms with Crippen molar-refractivity contribution in [3.05, 3.63) is 66.4 Å². The first kappa shape index (κ1) is 18.2. The molecule has 28 heavy (non-hydrogen) atoms. The molecule has 0 amide bonds. The Kier molecular flexibility index (Phi) is 5.32. The average Bonchev–Trinajstić information content (AvgIpc) is 2.72. The van der Waals surface area contributed by atoms with E-state index in [0.717, 1.165) is 30.9 Å². The molecule has 1 aromatic heterocycles. The first-order chi connectivity index (χ1) is 13.7. The van der Waals surface area contributed by atoms with Crippen LogP contribution >= 0.6 is 0 Å². The third-order valence-corrected chi connectivity index (χ3v) is 4.69. The molecule has 0 saturated carbocycles. The minimum atomic E-state index is -0.911. The van der Waals surface area contributed by atoms with Crippen molar-refractivity contribution in [2.45, 2.75) is 19.3 Å². The molecule has 0 atom stereocenters. The Morgan fingerprint density at radius 2 is 1.54 bits per heavy atom. The second-order valence-electron chi connectivity index (χ2n) is 6.74. The van der Waals surface area contributed by atoms with Gasteiger partial charge in [0.2, 0.25) is 5.95 Å². The summed E-state index contributed by atoms with van der Waals surface area (Å²) in [5, 5.41) is 6.11. The number of halogens is 2. The SMILES string of the molecule is Fc1ccc(Nc2ccnc(Nc3ccc(N4CCCCC4)cc3)n2)cc1F. The van der Waals surface area contributed by atoms with Crippen LogP contribution in [0.25, 0.3) is 0 Å². The fraction of sp³-hybridized carbons (Fsp3) is 0.238.